The number of amides is 1. The third-order valence-electron chi connectivity index (χ3n) is 5.00. The molecule has 158 valence electrons. The molecule has 0 heterocycles. The average Bonchev–Trinajstić information content (AvgIpc) is 2.58. The molecule has 3 atom stereocenters. The van der Waals surface area contributed by atoms with Gasteiger partial charge in [-0.25, -0.2) is 9.59 Å². The van der Waals surface area contributed by atoms with Crippen LogP contribution in [0.4, 0.5) is 4.79 Å². The maximum atomic E-state index is 12.6. The highest BCUT2D eigenvalue weighted by Crippen LogP contribution is 2.36. The Labute approximate surface area is 170 Å². The third-order valence-corrected chi connectivity index (χ3v) is 5.00. The Morgan fingerprint density at radius 1 is 1.07 bits per heavy atom. The largest absolute Gasteiger partial charge is 0.460 e. The third kappa shape index (κ3) is 7.17. The number of carbonyl (C=O) groups excluding carboxylic acids is 2. The molecule has 0 fully saturated rings. The summed E-state index contributed by atoms with van der Waals surface area (Å²) < 4.78 is 11.0. The number of carbonyl (C=O) groups is 2. The molecule has 5 heteroatoms. The number of alkyl carbamates (subject to hydrolysis) is 1. The van der Waals surface area contributed by atoms with Crippen molar-refractivity contribution < 1.29 is 19.1 Å². The van der Waals surface area contributed by atoms with Crippen molar-refractivity contribution >= 4 is 12.1 Å². The molecule has 0 bridgehead atoms. The summed E-state index contributed by atoms with van der Waals surface area (Å²) in [4.78, 5) is 24.5. The second-order valence-corrected chi connectivity index (χ2v) is 8.47. The minimum absolute atomic E-state index is 0.105. The molecule has 1 aromatic carbocycles. The predicted molar refractivity (Wildman–Crippen MR) is 112 cm³/mol. The lowest BCUT2D eigenvalue weighted by Crippen LogP contribution is -2.44. The van der Waals surface area contributed by atoms with E-state index >= 15 is 0 Å². The Bertz CT molecular complexity index is 646. The summed E-state index contributed by atoms with van der Waals surface area (Å²) in [5.41, 5.74) is 1.79. The summed E-state index contributed by atoms with van der Waals surface area (Å²) in [6, 6.07) is 7.47. The standard InChI is InChI=1S/C23H37NO4/c1-9-18(10-2)20(19-14-12-11-13-15(19)3)17(5)27-21(25)16(4)24-22(26)28-23(6,7)8/h11-14,16-18,20H,9-10H2,1-8H3,(H,24,26)/t16-,17-,20-/m0/s1. The molecule has 0 unspecified atom stereocenters. The molecule has 1 aromatic rings. The van der Waals surface area contributed by atoms with Crippen LogP contribution in [-0.2, 0) is 14.3 Å². The van der Waals surface area contributed by atoms with Crippen LogP contribution in [0.5, 0.6) is 0 Å². The topological polar surface area (TPSA) is 64.6 Å². The lowest BCUT2D eigenvalue weighted by Gasteiger charge is -2.32. The molecule has 1 amide bonds. The van der Waals surface area contributed by atoms with Gasteiger partial charge in [0.2, 0.25) is 0 Å². The zero-order valence-electron chi connectivity index (χ0n) is 18.7. The molecule has 0 aliphatic rings. The van der Waals surface area contributed by atoms with Crippen molar-refractivity contribution in [2.24, 2.45) is 5.92 Å². The van der Waals surface area contributed by atoms with E-state index in [2.05, 4.69) is 38.2 Å². The van der Waals surface area contributed by atoms with Gasteiger partial charge < -0.3 is 14.8 Å². The van der Waals surface area contributed by atoms with E-state index in [1.165, 1.54) is 11.1 Å². The van der Waals surface area contributed by atoms with Gasteiger partial charge in [0.25, 0.3) is 0 Å². The van der Waals surface area contributed by atoms with Crippen LogP contribution in [0.3, 0.4) is 0 Å². The van der Waals surface area contributed by atoms with Crippen LogP contribution in [0.15, 0.2) is 24.3 Å². The number of ether oxygens (including phenoxy) is 2. The van der Waals surface area contributed by atoms with Crippen LogP contribution in [0, 0.1) is 12.8 Å². The van der Waals surface area contributed by atoms with Crippen molar-refractivity contribution in [2.75, 3.05) is 0 Å². The summed E-state index contributed by atoms with van der Waals surface area (Å²) >= 11 is 0. The summed E-state index contributed by atoms with van der Waals surface area (Å²) in [6.07, 6.45) is 1.08. The van der Waals surface area contributed by atoms with Gasteiger partial charge >= 0.3 is 12.1 Å². The summed E-state index contributed by atoms with van der Waals surface area (Å²) in [6.45, 7) is 15.3. The quantitative estimate of drug-likeness (QED) is 0.606. The Morgan fingerprint density at radius 2 is 1.64 bits per heavy atom. The molecule has 0 aliphatic carbocycles. The molecule has 0 saturated heterocycles. The fourth-order valence-electron chi connectivity index (χ4n) is 3.55. The van der Waals surface area contributed by atoms with Crippen LogP contribution < -0.4 is 5.32 Å². The van der Waals surface area contributed by atoms with Crippen molar-refractivity contribution in [3.05, 3.63) is 35.4 Å². The molecular formula is C23H37NO4. The zero-order valence-corrected chi connectivity index (χ0v) is 18.7. The van der Waals surface area contributed by atoms with E-state index in [0.29, 0.717) is 5.92 Å². The molecule has 0 radical (unpaired) electrons. The second-order valence-electron chi connectivity index (χ2n) is 8.47. The summed E-state index contributed by atoms with van der Waals surface area (Å²) in [7, 11) is 0. The Hall–Kier alpha value is -2.04. The first-order valence-electron chi connectivity index (χ1n) is 10.3. The highest BCUT2D eigenvalue weighted by molar-refractivity contribution is 5.81. The molecule has 1 rings (SSSR count). The number of nitrogens with one attached hydrogen (secondary N) is 1. The van der Waals surface area contributed by atoms with Gasteiger partial charge in [0.05, 0.1) is 0 Å². The van der Waals surface area contributed by atoms with Crippen LogP contribution >= 0.6 is 0 Å². The summed E-state index contributed by atoms with van der Waals surface area (Å²) in [5, 5.41) is 2.55. The smallest absolute Gasteiger partial charge is 0.408 e. The first-order chi connectivity index (χ1) is 13.0. The van der Waals surface area contributed by atoms with Crippen molar-refractivity contribution in [2.45, 2.75) is 91.9 Å². The van der Waals surface area contributed by atoms with Gasteiger partial charge in [-0.15, -0.1) is 0 Å². The molecule has 0 saturated carbocycles. The molecule has 28 heavy (non-hydrogen) atoms. The molecule has 0 aromatic heterocycles. The Morgan fingerprint density at radius 3 is 2.14 bits per heavy atom. The van der Waals surface area contributed by atoms with Crippen molar-refractivity contribution in [1.29, 1.82) is 0 Å². The van der Waals surface area contributed by atoms with E-state index in [9.17, 15) is 9.59 Å². The number of benzene rings is 1. The fraction of sp³-hybridized carbons (Fsp3) is 0.652. The normalized spacial score (nSPS) is 14.9. The van der Waals surface area contributed by atoms with Gasteiger partial charge in [0.15, 0.2) is 0 Å². The number of aryl methyl sites for hydroxylation is 1. The van der Waals surface area contributed by atoms with Crippen molar-refractivity contribution in [1.82, 2.24) is 5.32 Å². The Balaban J connectivity index is 2.89. The molecule has 0 aliphatic heterocycles. The van der Waals surface area contributed by atoms with Gasteiger partial charge in [0.1, 0.15) is 17.7 Å². The van der Waals surface area contributed by atoms with E-state index in [4.69, 9.17) is 9.47 Å². The van der Waals surface area contributed by atoms with Gasteiger partial charge in [-0.3, -0.25) is 0 Å². The van der Waals surface area contributed by atoms with Crippen LogP contribution in [0.1, 0.15) is 78.4 Å². The van der Waals surface area contributed by atoms with Gasteiger partial charge in [-0.1, -0.05) is 51.0 Å². The SMILES string of the molecule is CCC(CC)[C@@H](c1ccccc1C)[C@H](C)OC(=O)[C@H](C)NC(=O)OC(C)(C)C. The predicted octanol–water partition coefficient (Wildman–Crippen LogP) is 5.36. The van der Waals surface area contributed by atoms with E-state index in [-0.39, 0.29) is 12.0 Å². The van der Waals surface area contributed by atoms with Crippen LogP contribution in [0.2, 0.25) is 0 Å². The minimum Gasteiger partial charge on any atom is -0.460 e. The fourth-order valence-corrected chi connectivity index (χ4v) is 3.55. The van der Waals surface area contributed by atoms with Crippen LogP contribution in [-0.4, -0.2) is 29.8 Å². The van der Waals surface area contributed by atoms with Gasteiger partial charge in [0, 0.05) is 5.92 Å². The number of hydrogen-bond acceptors (Lipinski definition) is 4. The minimum atomic E-state index is -0.781. The van der Waals surface area contributed by atoms with E-state index in [1.807, 2.05) is 19.1 Å². The average molecular weight is 392 g/mol. The van der Waals surface area contributed by atoms with E-state index in [0.717, 1.165) is 12.8 Å². The first kappa shape index (κ1) is 24.0. The number of rotatable bonds is 8. The highest BCUT2D eigenvalue weighted by atomic mass is 16.6. The van der Waals surface area contributed by atoms with Gasteiger partial charge in [-0.05, 0) is 58.6 Å². The second kappa shape index (κ2) is 10.5. The maximum Gasteiger partial charge on any atom is 0.408 e. The van der Waals surface area contributed by atoms with Crippen LogP contribution in [0.25, 0.3) is 0 Å². The van der Waals surface area contributed by atoms with E-state index < -0.39 is 23.7 Å². The Kier molecular flexibility index (Phi) is 8.99. The number of hydrogen-bond donors (Lipinski definition) is 1. The summed E-state index contributed by atoms with van der Waals surface area (Å²) in [5.74, 6) is 0.0507. The lowest BCUT2D eigenvalue weighted by atomic mass is 9.78. The van der Waals surface area contributed by atoms with Crippen molar-refractivity contribution in [3.8, 4) is 0 Å². The first-order valence-corrected chi connectivity index (χ1v) is 10.3. The maximum absolute atomic E-state index is 12.6. The molecule has 1 N–H and O–H groups in total. The monoisotopic (exact) mass is 391 g/mol. The molecule has 5 nitrogen and oxygen atoms in total. The molecule has 0 spiro atoms. The lowest BCUT2D eigenvalue weighted by molar-refractivity contribution is -0.152. The van der Waals surface area contributed by atoms with E-state index in [1.54, 1.807) is 27.7 Å². The van der Waals surface area contributed by atoms with Gasteiger partial charge in [-0.2, -0.15) is 0 Å². The molecular weight excluding hydrogens is 354 g/mol. The van der Waals surface area contributed by atoms with Crippen molar-refractivity contribution in [3.63, 3.8) is 0 Å². The zero-order chi connectivity index (χ0) is 21.5. The number of esters is 1. The highest BCUT2D eigenvalue weighted by Gasteiger charge is 2.31.